The van der Waals surface area contributed by atoms with Gasteiger partial charge >= 0.3 is 0 Å². The molecule has 140 valence electrons. The van der Waals surface area contributed by atoms with Crippen molar-refractivity contribution in [1.82, 2.24) is 25.5 Å². The molecule has 1 aliphatic rings. The number of aryl methyl sites for hydroxylation is 1. The number of nitrogens with one attached hydrogen (secondary N) is 1. The van der Waals surface area contributed by atoms with Crippen molar-refractivity contribution in [3.05, 3.63) is 59.5 Å². The zero-order chi connectivity index (χ0) is 18.6. The summed E-state index contributed by atoms with van der Waals surface area (Å²) in [7, 11) is 0. The molecule has 1 atom stereocenters. The number of benzene rings is 1. The van der Waals surface area contributed by atoms with E-state index >= 15 is 0 Å². The van der Waals surface area contributed by atoms with Gasteiger partial charge < -0.3 is 9.73 Å². The maximum Gasteiger partial charge on any atom is 0.230 e. The second-order valence-electron chi connectivity index (χ2n) is 6.78. The van der Waals surface area contributed by atoms with Crippen molar-refractivity contribution in [1.29, 1.82) is 0 Å². The highest BCUT2D eigenvalue weighted by Gasteiger charge is 2.33. The minimum Gasteiger partial charge on any atom is -0.467 e. The number of nitrogens with zero attached hydrogens (tertiary/aromatic N) is 4. The molecule has 1 N–H and O–H groups in total. The molecule has 0 aliphatic heterocycles. The summed E-state index contributed by atoms with van der Waals surface area (Å²) in [5.41, 5.74) is 2.39. The third-order valence-electron chi connectivity index (χ3n) is 4.56. The minimum absolute atomic E-state index is 0.00924. The second kappa shape index (κ2) is 7.96. The highest BCUT2D eigenvalue weighted by Crippen LogP contribution is 2.41. The maximum atomic E-state index is 12.5. The Kier molecular flexibility index (Phi) is 5.24. The van der Waals surface area contributed by atoms with E-state index in [2.05, 4.69) is 52.0 Å². The Bertz CT molecular complexity index is 887. The van der Waals surface area contributed by atoms with Crippen LogP contribution in [-0.4, -0.2) is 31.9 Å². The van der Waals surface area contributed by atoms with Crippen LogP contribution in [0.2, 0.25) is 0 Å². The fourth-order valence-corrected chi connectivity index (χ4v) is 3.66. The molecule has 2 heterocycles. The summed E-state index contributed by atoms with van der Waals surface area (Å²) in [5.74, 6) is 1.56. The first-order chi connectivity index (χ1) is 13.2. The first-order valence-electron chi connectivity index (χ1n) is 8.96. The third-order valence-corrected chi connectivity index (χ3v) is 5.52. The van der Waals surface area contributed by atoms with Crippen LogP contribution in [0.5, 0.6) is 0 Å². The van der Waals surface area contributed by atoms with Crippen molar-refractivity contribution in [2.45, 2.75) is 37.5 Å². The molecular weight excluding hydrogens is 362 g/mol. The van der Waals surface area contributed by atoms with Crippen LogP contribution >= 0.6 is 11.8 Å². The van der Waals surface area contributed by atoms with E-state index in [0.717, 1.165) is 18.6 Å². The number of rotatable bonds is 8. The highest BCUT2D eigenvalue weighted by atomic mass is 32.2. The summed E-state index contributed by atoms with van der Waals surface area (Å²) in [4.78, 5) is 12.5. The molecule has 0 spiro atoms. The van der Waals surface area contributed by atoms with E-state index in [0.29, 0.717) is 17.6 Å². The van der Waals surface area contributed by atoms with Gasteiger partial charge in [0.1, 0.15) is 12.3 Å². The summed E-state index contributed by atoms with van der Waals surface area (Å²) >= 11 is 1.33. The van der Waals surface area contributed by atoms with Gasteiger partial charge in [0.05, 0.1) is 18.1 Å². The zero-order valence-electron chi connectivity index (χ0n) is 15.0. The van der Waals surface area contributed by atoms with Crippen LogP contribution in [0.15, 0.2) is 52.2 Å². The smallest absolute Gasteiger partial charge is 0.230 e. The van der Waals surface area contributed by atoms with Gasteiger partial charge in [0.25, 0.3) is 0 Å². The summed E-state index contributed by atoms with van der Waals surface area (Å²) in [6, 6.07) is 12.2. The van der Waals surface area contributed by atoms with E-state index in [1.165, 1.54) is 22.9 Å². The van der Waals surface area contributed by atoms with Crippen molar-refractivity contribution in [3.63, 3.8) is 0 Å². The van der Waals surface area contributed by atoms with E-state index in [4.69, 9.17) is 4.42 Å². The molecule has 0 bridgehead atoms. The first-order valence-corrected chi connectivity index (χ1v) is 9.95. The second-order valence-corrected chi connectivity index (χ2v) is 7.72. The molecule has 0 radical (unpaired) electrons. The standard InChI is InChI=1S/C19H21N5O2S/c1-13-4-6-14(7-5-13)18(15-8-9-15)20-17(25)12-27-19-21-22-23-24(19)11-16-3-2-10-26-16/h2-7,10,15,18H,8-9,11-12H2,1H3,(H,20,25). The van der Waals surface area contributed by atoms with Crippen molar-refractivity contribution < 1.29 is 9.21 Å². The van der Waals surface area contributed by atoms with Crippen LogP contribution in [-0.2, 0) is 11.3 Å². The number of aromatic nitrogens is 4. The fourth-order valence-electron chi connectivity index (χ4n) is 2.97. The number of hydrogen-bond acceptors (Lipinski definition) is 6. The van der Waals surface area contributed by atoms with E-state index in [1.54, 1.807) is 10.9 Å². The lowest BCUT2D eigenvalue weighted by Gasteiger charge is -2.19. The number of tetrazole rings is 1. The van der Waals surface area contributed by atoms with Crippen molar-refractivity contribution in [2.75, 3.05) is 5.75 Å². The van der Waals surface area contributed by atoms with E-state index in [-0.39, 0.29) is 17.7 Å². The molecule has 1 unspecified atom stereocenters. The molecule has 2 aromatic heterocycles. The molecule has 8 heteroatoms. The van der Waals surface area contributed by atoms with Gasteiger partial charge in [-0.2, -0.15) is 0 Å². The molecule has 1 aromatic carbocycles. The molecule has 0 saturated heterocycles. The number of furan rings is 1. The molecular formula is C19H21N5O2S. The summed E-state index contributed by atoms with van der Waals surface area (Å²) in [6.07, 6.45) is 3.93. The number of amides is 1. The van der Waals surface area contributed by atoms with Crippen LogP contribution in [0.4, 0.5) is 0 Å². The predicted octanol–water partition coefficient (Wildman–Crippen LogP) is 2.98. The van der Waals surface area contributed by atoms with Gasteiger partial charge in [-0.1, -0.05) is 41.6 Å². The number of thioether (sulfide) groups is 1. The zero-order valence-corrected chi connectivity index (χ0v) is 15.9. The normalized spacial score (nSPS) is 14.9. The van der Waals surface area contributed by atoms with E-state index in [9.17, 15) is 4.79 Å². The van der Waals surface area contributed by atoms with Gasteiger partial charge in [0.2, 0.25) is 11.1 Å². The monoisotopic (exact) mass is 383 g/mol. The Morgan fingerprint density at radius 3 is 2.85 bits per heavy atom. The van der Waals surface area contributed by atoms with Crippen molar-refractivity contribution in [2.24, 2.45) is 5.92 Å². The Morgan fingerprint density at radius 1 is 1.33 bits per heavy atom. The van der Waals surface area contributed by atoms with Gasteiger partial charge in [-0.05, 0) is 53.8 Å². The third kappa shape index (κ3) is 4.57. The lowest BCUT2D eigenvalue weighted by atomic mass is 10.0. The first kappa shape index (κ1) is 17.8. The van der Waals surface area contributed by atoms with Crippen molar-refractivity contribution >= 4 is 17.7 Å². The molecule has 4 rings (SSSR count). The van der Waals surface area contributed by atoms with Crippen LogP contribution in [0.1, 0.15) is 35.8 Å². The maximum absolute atomic E-state index is 12.5. The molecule has 1 fully saturated rings. The van der Waals surface area contributed by atoms with Gasteiger partial charge in [-0.3, -0.25) is 4.79 Å². The lowest BCUT2D eigenvalue weighted by Crippen LogP contribution is -2.31. The van der Waals surface area contributed by atoms with Crippen LogP contribution in [0.3, 0.4) is 0 Å². The number of carbonyl (C=O) groups is 1. The van der Waals surface area contributed by atoms with E-state index in [1.807, 2.05) is 12.1 Å². The molecule has 1 aliphatic carbocycles. The average molecular weight is 383 g/mol. The van der Waals surface area contributed by atoms with Gasteiger partial charge in [0.15, 0.2) is 0 Å². The van der Waals surface area contributed by atoms with Gasteiger partial charge in [-0.15, -0.1) is 5.10 Å². The summed E-state index contributed by atoms with van der Waals surface area (Å²) in [5, 5.41) is 15.5. The average Bonchev–Trinajstić information content (AvgIpc) is 3.19. The van der Waals surface area contributed by atoms with E-state index < -0.39 is 0 Å². The summed E-state index contributed by atoms with van der Waals surface area (Å²) in [6.45, 7) is 2.51. The number of carbonyl (C=O) groups excluding carboxylic acids is 1. The topological polar surface area (TPSA) is 85.8 Å². The molecule has 7 nitrogen and oxygen atoms in total. The Labute approximate surface area is 161 Å². The minimum atomic E-state index is -0.00924. The Balaban J connectivity index is 1.35. The Hall–Kier alpha value is -2.61. The molecule has 1 saturated carbocycles. The van der Waals surface area contributed by atoms with Crippen LogP contribution in [0, 0.1) is 12.8 Å². The molecule has 1 amide bonds. The lowest BCUT2D eigenvalue weighted by molar-refractivity contribution is -0.119. The van der Waals surface area contributed by atoms with Crippen LogP contribution < -0.4 is 5.32 Å². The SMILES string of the molecule is Cc1ccc(C(NC(=O)CSc2nnnn2Cc2ccco2)C2CC2)cc1. The summed E-state index contributed by atoms with van der Waals surface area (Å²) < 4.78 is 6.96. The molecule has 27 heavy (non-hydrogen) atoms. The fraction of sp³-hybridized carbons (Fsp3) is 0.368. The van der Waals surface area contributed by atoms with Crippen LogP contribution in [0.25, 0.3) is 0 Å². The predicted molar refractivity (Wildman–Crippen MR) is 101 cm³/mol. The quantitative estimate of drug-likeness (QED) is 0.602. The van der Waals surface area contributed by atoms with Gasteiger partial charge in [0, 0.05) is 0 Å². The molecule has 3 aromatic rings. The largest absolute Gasteiger partial charge is 0.467 e. The highest BCUT2D eigenvalue weighted by molar-refractivity contribution is 7.99. The van der Waals surface area contributed by atoms with Crippen molar-refractivity contribution in [3.8, 4) is 0 Å². The number of hydrogen-bond donors (Lipinski definition) is 1. The van der Waals surface area contributed by atoms with Gasteiger partial charge in [-0.25, -0.2) is 4.68 Å². The Morgan fingerprint density at radius 2 is 2.15 bits per heavy atom.